The zero-order chi connectivity index (χ0) is 9.84. The van der Waals surface area contributed by atoms with Crippen molar-refractivity contribution in [3.8, 4) is 12.3 Å². The third-order valence-corrected chi connectivity index (χ3v) is 3.05. The molecule has 1 heterocycles. The predicted octanol–water partition coefficient (Wildman–Crippen LogP) is 1.21. The SMILES string of the molecule is C#CC(C)N1C(C)CCCC1CN. The molecule has 1 aliphatic heterocycles. The summed E-state index contributed by atoms with van der Waals surface area (Å²) in [5.41, 5.74) is 5.74. The predicted molar refractivity (Wildman–Crippen MR) is 56.3 cm³/mol. The number of nitrogens with zero attached hydrogens (tertiary/aromatic N) is 1. The average Bonchev–Trinajstić information content (AvgIpc) is 2.16. The van der Waals surface area contributed by atoms with Crippen LogP contribution in [0.1, 0.15) is 33.1 Å². The van der Waals surface area contributed by atoms with Crippen molar-refractivity contribution in [3.05, 3.63) is 0 Å². The summed E-state index contributed by atoms with van der Waals surface area (Å²) >= 11 is 0. The van der Waals surface area contributed by atoms with Gasteiger partial charge in [0.05, 0.1) is 6.04 Å². The number of hydrogen-bond acceptors (Lipinski definition) is 2. The van der Waals surface area contributed by atoms with Gasteiger partial charge in [-0.2, -0.15) is 0 Å². The summed E-state index contributed by atoms with van der Waals surface area (Å²) in [7, 11) is 0. The lowest BCUT2D eigenvalue weighted by molar-refractivity contribution is 0.0797. The molecule has 2 heteroatoms. The van der Waals surface area contributed by atoms with Crippen LogP contribution in [0, 0.1) is 12.3 Å². The van der Waals surface area contributed by atoms with Crippen LogP contribution in [0.5, 0.6) is 0 Å². The largest absolute Gasteiger partial charge is 0.329 e. The van der Waals surface area contributed by atoms with E-state index in [9.17, 15) is 0 Å². The van der Waals surface area contributed by atoms with Crippen LogP contribution in [0.2, 0.25) is 0 Å². The molecule has 1 fully saturated rings. The molecule has 1 rings (SSSR count). The molecule has 0 aliphatic carbocycles. The Morgan fingerprint density at radius 2 is 2.31 bits per heavy atom. The van der Waals surface area contributed by atoms with Crippen molar-refractivity contribution in [1.29, 1.82) is 0 Å². The van der Waals surface area contributed by atoms with Crippen LogP contribution < -0.4 is 5.73 Å². The van der Waals surface area contributed by atoms with E-state index in [0.29, 0.717) is 12.1 Å². The molecule has 3 unspecified atom stereocenters. The van der Waals surface area contributed by atoms with Gasteiger partial charge in [-0.25, -0.2) is 0 Å². The van der Waals surface area contributed by atoms with Crippen LogP contribution >= 0.6 is 0 Å². The number of likely N-dealkylation sites (tertiary alicyclic amines) is 1. The molecule has 1 saturated heterocycles. The summed E-state index contributed by atoms with van der Waals surface area (Å²) in [4.78, 5) is 2.39. The molecule has 74 valence electrons. The molecule has 0 aromatic rings. The lowest BCUT2D eigenvalue weighted by Gasteiger charge is -2.42. The number of nitrogens with two attached hydrogens (primary N) is 1. The number of hydrogen-bond donors (Lipinski definition) is 1. The monoisotopic (exact) mass is 180 g/mol. The fourth-order valence-electron chi connectivity index (χ4n) is 2.33. The molecule has 0 spiro atoms. The molecule has 13 heavy (non-hydrogen) atoms. The molecule has 0 amide bonds. The zero-order valence-electron chi connectivity index (χ0n) is 8.66. The van der Waals surface area contributed by atoms with Gasteiger partial charge in [0, 0.05) is 18.6 Å². The second-order valence-electron chi connectivity index (χ2n) is 3.96. The van der Waals surface area contributed by atoms with Crippen molar-refractivity contribution in [2.45, 2.75) is 51.2 Å². The van der Waals surface area contributed by atoms with Crippen LogP contribution in [0.25, 0.3) is 0 Å². The topological polar surface area (TPSA) is 29.3 Å². The Balaban J connectivity index is 2.68. The summed E-state index contributed by atoms with van der Waals surface area (Å²) in [6, 6.07) is 1.31. The molecular formula is C11H20N2. The van der Waals surface area contributed by atoms with E-state index in [1.54, 1.807) is 0 Å². The quantitative estimate of drug-likeness (QED) is 0.647. The summed E-state index contributed by atoms with van der Waals surface area (Å²) < 4.78 is 0. The molecule has 1 aliphatic rings. The van der Waals surface area contributed by atoms with Gasteiger partial charge < -0.3 is 5.73 Å². The highest BCUT2D eigenvalue weighted by Gasteiger charge is 2.29. The first kappa shape index (κ1) is 10.6. The minimum Gasteiger partial charge on any atom is -0.329 e. The van der Waals surface area contributed by atoms with E-state index in [2.05, 4.69) is 24.7 Å². The van der Waals surface area contributed by atoms with Crippen LogP contribution in [-0.2, 0) is 0 Å². The van der Waals surface area contributed by atoms with Gasteiger partial charge in [0.2, 0.25) is 0 Å². The van der Waals surface area contributed by atoms with E-state index < -0.39 is 0 Å². The molecule has 0 radical (unpaired) electrons. The van der Waals surface area contributed by atoms with Gasteiger partial charge in [-0.05, 0) is 26.7 Å². The van der Waals surface area contributed by atoms with Crippen molar-refractivity contribution in [2.24, 2.45) is 5.73 Å². The minimum absolute atomic E-state index is 0.226. The molecule has 0 aromatic carbocycles. The molecule has 0 saturated carbocycles. The van der Waals surface area contributed by atoms with E-state index in [0.717, 1.165) is 6.54 Å². The van der Waals surface area contributed by atoms with E-state index in [1.165, 1.54) is 19.3 Å². The van der Waals surface area contributed by atoms with Gasteiger partial charge in [0.25, 0.3) is 0 Å². The smallest absolute Gasteiger partial charge is 0.0688 e. The fraction of sp³-hybridized carbons (Fsp3) is 0.818. The van der Waals surface area contributed by atoms with Gasteiger partial charge in [0.1, 0.15) is 0 Å². The fourth-order valence-corrected chi connectivity index (χ4v) is 2.33. The average molecular weight is 180 g/mol. The van der Waals surface area contributed by atoms with Gasteiger partial charge >= 0.3 is 0 Å². The van der Waals surface area contributed by atoms with Crippen molar-refractivity contribution < 1.29 is 0 Å². The second kappa shape index (κ2) is 4.64. The highest BCUT2D eigenvalue weighted by Crippen LogP contribution is 2.24. The van der Waals surface area contributed by atoms with Gasteiger partial charge in [0.15, 0.2) is 0 Å². The first-order chi connectivity index (χ1) is 6.20. The second-order valence-corrected chi connectivity index (χ2v) is 3.96. The lowest BCUT2D eigenvalue weighted by Crippen LogP contribution is -2.52. The zero-order valence-corrected chi connectivity index (χ0v) is 8.66. The van der Waals surface area contributed by atoms with E-state index >= 15 is 0 Å². The van der Waals surface area contributed by atoms with E-state index in [1.807, 2.05) is 0 Å². The number of piperidine rings is 1. The van der Waals surface area contributed by atoms with Gasteiger partial charge in [-0.1, -0.05) is 12.3 Å². The van der Waals surface area contributed by atoms with Gasteiger partial charge in [-0.3, -0.25) is 4.90 Å². The molecule has 0 bridgehead atoms. The molecule has 0 aromatic heterocycles. The summed E-state index contributed by atoms with van der Waals surface area (Å²) in [5.74, 6) is 2.80. The van der Waals surface area contributed by atoms with Crippen molar-refractivity contribution in [2.75, 3.05) is 6.54 Å². The summed E-state index contributed by atoms with van der Waals surface area (Å²) in [6.45, 7) is 5.07. The van der Waals surface area contributed by atoms with Crippen LogP contribution in [-0.4, -0.2) is 29.6 Å². The molecular weight excluding hydrogens is 160 g/mol. The summed E-state index contributed by atoms with van der Waals surface area (Å²) in [6.07, 6.45) is 9.19. The Morgan fingerprint density at radius 3 is 2.85 bits per heavy atom. The normalized spacial score (nSPS) is 32.5. The Kier molecular flexibility index (Phi) is 3.77. The maximum Gasteiger partial charge on any atom is 0.0688 e. The highest BCUT2D eigenvalue weighted by molar-refractivity contribution is 5.01. The first-order valence-electron chi connectivity index (χ1n) is 5.14. The van der Waals surface area contributed by atoms with E-state index in [-0.39, 0.29) is 6.04 Å². The molecule has 2 N–H and O–H groups in total. The summed E-state index contributed by atoms with van der Waals surface area (Å²) in [5, 5.41) is 0. The maximum absolute atomic E-state index is 5.74. The van der Waals surface area contributed by atoms with Crippen LogP contribution in [0.15, 0.2) is 0 Å². The van der Waals surface area contributed by atoms with Crippen molar-refractivity contribution >= 4 is 0 Å². The minimum atomic E-state index is 0.226. The Hall–Kier alpha value is -0.520. The van der Waals surface area contributed by atoms with Crippen LogP contribution in [0.3, 0.4) is 0 Å². The van der Waals surface area contributed by atoms with Crippen molar-refractivity contribution in [3.63, 3.8) is 0 Å². The van der Waals surface area contributed by atoms with Crippen LogP contribution in [0.4, 0.5) is 0 Å². The standard InChI is InChI=1S/C11H20N2/c1-4-9(2)13-10(3)6-5-7-11(13)8-12/h1,9-11H,5-8,12H2,2-3H3. The molecule has 2 nitrogen and oxygen atoms in total. The first-order valence-corrected chi connectivity index (χ1v) is 5.14. The third-order valence-electron chi connectivity index (χ3n) is 3.05. The van der Waals surface area contributed by atoms with Crippen molar-refractivity contribution in [1.82, 2.24) is 4.90 Å². The Bertz CT molecular complexity index is 195. The van der Waals surface area contributed by atoms with Gasteiger partial charge in [-0.15, -0.1) is 6.42 Å². The third kappa shape index (κ3) is 2.24. The lowest BCUT2D eigenvalue weighted by atomic mass is 9.94. The maximum atomic E-state index is 5.74. The number of terminal acetylenes is 1. The Morgan fingerprint density at radius 1 is 1.62 bits per heavy atom. The Labute approximate surface area is 81.5 Å². The number of rotatable bonds is 2. The highest BCUT2D eigenvalue weighted by atomic mass is 15.2. The molecule has 3 atom stereocenters. The van der Waals surface area contributed by atoms with E-state index in [4.69, 9.17) is 12.2 Å².